The van der Waals surface area contributed by atoms with Crippen molar-refractivity contribution < 1.29 is 0 Å². The maximum Gasteiger partial charge on any atom is 0.0610 e. The Morgan fingerprint density at radius 3 is 0.947 bits per heavy atom. The standard InChI is InChI=1S/C36H52N2/c1-5-17-33(18-6-1)37(34-19-7-2-8-20-34)29-13-15-31-25-27-32(28-26-31)16-14-30-38(35-21-9-3-10-22-35)36-23-11-4-12-24-36/h25-28,33-36H,1-12,17-24,29-30H2. The van der Waals surface area contributed by atoms with Gasteiger partial charge in [-0.15, -0.1) is 0 Å². The SMILES string of the molecule is C(#Cc1ccc(C#CCN(C2CCCCC2)C2CCCCC2)cc1)CN(C1CCCCC1)C1CCCCC1. The van der Waals surface area contributed by atoms with Crippen LogP contribution < -0.4 is 0 Å². The summed E-state index contributed by atoms with van der Waals surface area (Å²) in [6.45, 7) is 1.88. The second kappa shape index (κ2) is 15.2. The molecule has 0 unspecified atom stereocenters. The van der Waals surface area contributed by atoms with Gasteiger partial charge in [-0.1, -0.05) is 101 Å². The van der Waals surface area contributed by atoms with Gasteiger partial charge in [0.1, 0.15) is 0 Å². The van der Waals surface area contributed by atoms with Crippen LogP contribution in [0.4, 0.5) is 0 Å². The molecule has 4 fully saturated rings. The topological polar surface area (TPSA) is 6.48 Å². The largest absolute Gasteiger partial charge is 0.286 e. The summed E-state index contributed by atoms with van der Waals surface area (Å²) in [4.78, 5) is 5.60. The van der Waals surface area contributed by atoms with Crippen LogP contribution in [0, 0.1) is 23.7 Å². The lowest BCUT2D eigenvalue weighted by atomic mass is 9.88. The summed E-state index contributed by atoms with van der Waals surface area (Å²) in [5.41, 5.74) is 2.27. The van der Waals surface area contributed by atoms with Crippen LogP contribution in [0.3, 0.4) is 0 Å². The highest BCUT2D eigenvalue weighted by molar-refractivity contribution is 5.42. The maximum atomic E-state index is 3.58. The van der Waals surface area contributed by atoms with Crippen LogP contribution in [0.2, 0.25) is 0 Å². The van der Waals surface area contributed by atoms with Gasteiger partial charge in [0, 0.05) is 35.3 Å². The normalized spacial score (nSPS) is 22.6. The number of hydrogen-bond acceptors (Lipinski definition) is 2. The zero-order valence-corrected chi connectivity index (χ0v) is 24.1. The molecule has 0 aromatic heterocycles. The molecule has 0 amide bonds. The van der Waals surface area contributed by atoms with Gasteiger partial charge in [0.2, 0.25) is 0 Å². The number of benzene rings is 1. The minimum atomic E-state index is 0.764. The third-order valence-corrected chi connectivity index (χ3v) is 10.0. The quantitative estimate of drug-likeness (QED) is 0.354. The van der Waals surface area contributed by atoms with Crippen LogP contribution in [0.1, 0.15) is 140 Å². The highest BCUT2D eigenvalue weighted by Crippen LogP contribution is 2.31. The van der Waals surface area contributed by atoms with Crippen molar-refractivity contribution in [1.29, 1.82) is 0 Å². The van der Waals surface area contributed by atoms with Crippen LogP contribution in [-0.4, -0.2) is 47.1 Å². The summed E-state index contributed by atoms with van der Waals surface area (Å²) in [5, 5.41) is 0. The lowest BCUT2D eigenvalue weighted by molar-refractivity contribution is 0.0961. The van der Waals surface area contributed by atoms with Gasteiger partial charge < -0.3 is 0 Å². The second-order valence-electron chi connectivity index (χ2n) is 12.7. The van der Waals surface area contributed by atoms with Gasteiger partial charge in [-0.3, -0.25) is 9.80 Å². The van der Waals surface area contributed by atoms with E-state index in [2.05, 4.69) is 57.7 Å². The van der Waals surface area contributed by atoms with E-state index in [0.29, 0.717) is 0 Å². The molecule has 0 atom stereocenters. The number of nitrogens with zero attached hydrogens (tertiary/aromatic N) is 2. The van der Waals surface area contributed by atoms with Gasteiger partial charge >= 0.3 is 0 Å². The molecule has 0 heterocycles. The number of hydrogen-bond donors (Lipinski definition) is 0. The molecule has 2 heteroatoms. The molecule has 0 spiro atoms. The fourth-order valence-corrected chi connectivity index (χ4v) is 7.87. The summed E-state index contributed by atoms with van der Waals surface area (Å²) in [7, 11) is 0. The molecule has 1 aromatic rings. The van der Waals surface area contributed by atoms with Gasteiger partial charge in [0.25, 0.3) is 0 Å². The van der Waals surface area contributed by atoms with Gasteiger partial charge in [-0.2, -0.15) is 0 Å². The summed E-state index contributed by atoms with van der Waals surface area (Å²) in [6.07, 6.45) is 28.0. The van der Waals surface area contributed by atoms with Crippen LogP contribution in [-0.2, 0) is 0 Å². The fourth-order valence-electron chi connectivity index (χ4n) is 7.87. The maximum absolute atomic E-state index is 3.58. The lowest BCUT2D eigenvalue weighted by Gasteiger charge is -2.40. The Bertz CT molecular complexity index is 818. The van der Waals surface area contributed by atoms with Crippen molar-refractivity contribution in [1.82, 2.24) is 9.80 Å². The minimum absolute atomic E-state index is 0.764. The monoisotopic (exact) mass is 512 g/mol. The van der Waals surface area contributed by atoms with Crippen LogP contribution in [0.5, 0.6) is 0 Å². The first-order chi connectivity index (χ1) is 18.9. The highest BCUT2D eigenvalue weighted by Gasteiger charge is 2.29. The third-order valence-electron chi connectivity index (χ3n) is 10.0. The Hall–Kier alpha value is -1.74. The van der Waals surface area contributed by atoms with Crippen LogP contribution in [0.15, 0.2) is 24.3 Å². The minimum Gasteiger partial charge on any atom is -0.286 e. The molecule has 5 rings (SSSR count). The molecular formula is C36H52N2. The van der Waals surface area contributed by atoms with E-state index in [9.17, 15) is 0 Å². The van der Waals surface area contributed by atoms with Crippen LogP contribution >= 0.6 is 0 Å². The van der Waals surface area contributed by atoms with Gasteiger partial charge in [-0.25, -0.2) is 0 Å². The zero-order valence-electron chi connectivity index (χ0n) is 24.1. The van der Waals surface area contributed by atoms with E-state index in [0.717, 1.165) is 48.4 Å². The molecule has 0 saturated heterocycles. The molecule has 0 bridgehead atoms. The van der Waals surface area contributed by atoms with Crippen molar-refractivity contribution in [3.63, 3.8) is 0 Å². The summed E-state index contributed by atoms with van der Waals surface area (Å²) in [5.74, 6) is 14.1. The molecule has 0 N–H and O–H groups in total. The highest BCUT2D eigenvalue weighted by atomic mass is 15.2. The van der Waals surface area contributed by atoms with Gasteiger partial charge in [-0.05, 0) is 75.6 Å². The number of rotatable bonds is 6. The molecule has 0 aliphatic heterocycles. The molecule has 4 aliphatic rings. The first kappa shape index (κ1) is 27.8. The van der Waals surface area contributed by atoms with Crippen molar-refractivity contribution in [2.45, 2.75) is 153 Å². The molecule has 206 valence electrons. The predicted octanol–water partition coefficient (Wildman–Crippen LogP) is 8.32. The van der Waals surface area contributed by atoms with Crippen molar-refractivity contribution in [3.05, 3.63) is 35.4 Å². The average Bonchev–Trinajstić information content (AvgIpc) is 3.00. The van der Waals surface area contributed by atoms with E-state index >= 15 is 0 Å². The van der Waals surface area contributed by atoms with E-state index in [1.807, 2.05) is 0 Å². The van der Waals surface area contributed by atoms with Crippen molar-refractivity contribution in [2.75, 3.05) is 13.1 Å². The summed E-state index contributed by atoms with van der Waals surface area (Å²) >= 11 is 0. The van der Waals surface area contributed by atoms with Crippen LogP contribution in [0.25, 0.3) is 0 Å². The Morgan fingerprint density at radius 1 is 0.421 bits per heavy atom. The van der Waals surface area contributed by atoms with Crippen molar-refractivity contribution >= 4 is 0 Å². The Morgan fingerprint density at radius 2 is 0.684 bits per heavy atom. The zero-order chi connectivity index (χ0) is 25.8. The Labute approximate surface area is 234 Å². The Kier molecular flexibility index (Phi) is 11.1. The first-order valence-corrected chi connectivity index (χ1v) is 16.5. The molecule has 4 saturated carbocycles. The molecule has 0 radical (unpaired) electrons. The molecule has 2 nitrogen and oxygen atoms in total. The summed E-state index contributed by atoms with van der Waals surface area (Å²) in [6, 6.07) is 11.8. The molecular weight excluding hydrogens is 460 g/mol. The Balaban J connectivity index is 1.17. The van der Waals surface area contributed by atoms with E-state index < -0.39 is 0 Å². The van der Waals surface area contributed by atoms with Gasteiger partial charge in [0.15, 0.2) is 0 Å². The average molecular weight is 513 g/mol. The molecule has 1 aromatic carbocycles. The van der Waals surface area contributed by atoms with E-state index in [1.54, 1.807) is 0 Å². The van der Waals surface area contributed by atoms with E-state index in [-0.39, 0.29) is 0 Å². The van der Waals surface area contributed by atoms with Crippen molar-refractivity contribution in [2.24, 2.45) is 0 Å². The van der Waals surface area contributed by atoms with E-state index in [4.69, 9.17) is 0 Å². The van der Waals surface area contributed by atoms with Gasteiger partial charge in [0.05, 0.1) is 13.1 Å². The smallest absolute Gasteiger partial charge is 0.0610 e. The second-order valence-corrected chi connectivity index (χ2v) is 12.7. The van der Waals surface area contributed by atoms with E-state index in [1.165, 1.54) is 128 Å². The molecule has 38 heavy (non-hydrogen) atoms. The first-order valence-electron chi connectivity index (χ1n) is 16.5. The third kappa shape index (κ3) is 8.13. The lowest BCUT2D eigenvalue weighted by Crippen LogP contribution is -2.45. The molecule has 4 aliphatic carbocycles. The predicted molar refractivity (Wildman–Crippen MR) is 161 cm³/mol. The fraction of sp³-hybridized carbons (Fsp3) is 0.722. The van der Waals surface area contributed by atoms with Crippen molar-refractivity contribution in [3.8, 4) is 23.7 Å². The summed E-state index contributed by atoms with van der Waals surface area (Å²) < 4.78 is 0.